The first kappa shape index (κ1) is 32.5. The van der Waals surface area contributed by atoms with Gasteiger partial charge in [-0.2, -0.15) is 0 Å². The minimum absolute atomic E-state index is 0.248. The smallest absolute Gasteiger partial charge is 0.445 e. The molecule has 0 amide bonds. The summed E-state index contributed by atoms with van der Waals surface area (Å²) in [4.78, 5) is 6.68. The van der Waals surface area contributed by atoms with E-state index in [0.29, 0.717) is 0 Å². The molecule has 0 spiro atoms. The second-order valence-corrected chi connectivity index (χ2v) is 13.5. The second kappa shape index (κ2) is 12.3. The molecule has 0 radical (unpaired) electrons. The van der Waals surface area contributed by atoms with Crippen molar-refractivity contribution in [3.05, 3.63) is 89.5 Å². The van der Waals surface area contributed by atoms with E-state index in [-0.39, 0.29) is 16.6 Å². The summed E-state index contributed by atoms with van der Waals surface area (Å²) in [6.45, 7) is 13.4. The van der Waals surface area contributed by atoms with Gasteiger partial charge in [0.2, 0.25) is 0 Å². The van der Waals surface area contributed by atoms with Gasteiger partial charge in [-0.15, -0.1) is 0 Å². The molecule has 1 aliphatic heterocycles. The Morgan fingerprint density at radius 2 is 0.619 bits per heavy atom. The molecular weight excluding hydrogens is 519 g/mol. The highest BCUT2D eigenvalue weighted by molar-refractivity contribution is 6.87. The molecule has 6 nitrogen and oxygen atoms in total. The molecule has 1 fully saturated rings. The molecule has 9 heteroatoms. The molecular formula is C33H48B3N3O3. The summed E-state index contributed by atoms with van der Waals surface area (Å²) in [5.74, 6) is 0. The molecule has 1 heterocycles. The predicted molar refractivity (Wildman–Crippen MR) is 179 cm³/mol. The Morgan fingerprint density at radius 3 is 0.833 bits per heavy atom. The fraction of sp³-hybridized carbons (Fsp3) is 0.455. The zero-order valence-electron chi connectivity index (χ0n) is 27.7. The topological polar surface area (TPSA) is 37.4 Å². The maximum absolute atomic E-state index is 6.82. The molecule has 0 aliphatic carbocycles. The Labute approximate surface area is 255 Å². The fourth-order valence-electron chi connectivity index (χ4n) is 5.37. The van der Waals surface area contributed by atoms with Crippen molar-refractivity contribution in [2.75, 3.05) is 42.3 Å². The highest BCUT2D eigenvalue weighted by Crippen LogP contribution is 2.29. The minimum atomic E-state index is -0.643. The van der Waals surface area contributed by atoms with Crippen LogP contribution in [0.5, 0.6) is 0 Å². The zero-order chi connectivity index (χ0) is 31.0. The third kappa shape index (κ3) is 6.14. The average Bonchev–Trinajstić information content (AvgIpc) is 2.96. The van der Waals surface area contributed by atoms with Crippen molar-refractivity contribution in [2.45, 2.75) is 58.2 Å². The highest BCUT2D eigenvalue weighted by Gasteiger charge is 2.48. The van der Waals surface area contributed by atoms with Crippen LogP contribution in [0.15, 0.2) is 72.8 Å². The van der Waals surface area contributed by atoms with E-state index in [0.717, 1.165) is 33.1 Å². The van der Waals surface area contributed by atoms with E-state index in [1.165, 1.54) is 0 Å². The Hall–Kier alpha value is -2.39. The summed E-state index contributed by atoms with van der Waals surface area (Å²) in [6, 6.07) is 25.3. The number of hydrogen-bond donors (Lipinski definition) is 0. The molecule has 0 bridgehead atoms. The van der Waals surface area contributed by atoms with Gasteiger partial charge in [0, 0.05) is 16.6 Å². The number of nitrogens with zero attached hydrogens (tertiary/aromatic N) is 3. The van der Waals surface area contributed by atoms with Gasteiger partial charge in [-0.1, -0.05) is 72.8 Å². The van der Waals surface area contributed by atoms with Crippen LogP contribution >= 0.6 is 0 Å². The molecule has 222 valence electrons. The van der Waals surface area contributed by atoms with Gasteiger partial charge in [0.1, 0.15) is 0 Å². The highest BCUT2D eigenvalue weighted by atomic mass is 16.7. The van der Waals surface area contributed by atoms with E-state index < -0.39 is 21.4 Å². The Bertz CT molecular complexity index is 1210. The Balaban J connectivity index is 1.90. The predicted octanol–water partition coefficient (Wildman–Crippen LogP) is 3.63. The minimum Gasteiger partial charge on any atom is -0.445 e. The molecule has 3 aromatic rings. The molecule has 0 N–H and O–H groups in total. The zero-order valence-corrected chi connectivity index (χ0v) is 27.7. The number of rotatable bonds is 9. The third-order valence-electron chi connectivity index (χ3n) is 9.72. The lowest BCUT2D eigenvalue weighted by Gasteiger charge is -2.40. The van der Waals surface area contributed by atoms with Gasteiger partial charge < -0.3 is 28.4 Å². The summed E-state index contributed by atoms with van der Waals surface area (Å²) in [5.41, 5.74) is 5.73. The maximum Gasteiger partial charge on any atom is 0.467 e. The van der Waals surface area contributed by atoms with Crippen molar-refractivity contribution in [1.82, 2.24) is 14.7 Å². The maximum atomic E-state index is 6.82. The summed E-state index contributed by atoms with van der Waals surface area (Å²) in [6.07, 6.45) is 0. The summed E-state index contributed by atoms with van der Waals surface area (Å²) in [7, 11) is 10.7. The number of hydrogen-bond acceptors (Lipinski definition) is 6. The van der Waals surface area contributed by atoms with E-state index in [1.54, 1.807) is 0 Å². The molecule has 0 saturated carbocycles. The average molecular weight is 567 g/mol. The van der Waals surface area contributed by atoms with Gasteiger partial charge >= 0.3 is 21.4 Å². The SMILES string of the molecule is CN(C)C(C)(C)c1ccccc1B1OB(c2ccccc2C(C)(C)N(C)C)OB(c2ccccc2C(C)(C)N(C)C)O1. The van der Waals surface area contributed by atoms with Crippen molar-refractivity contribution in [3.63, 3.8) is 0 Å². The van der Waals surface area contributed by atoms with Crippen LogP contribution in [0.3, 0.4) is 0 Å². The Kier molecular flexibility index (Phi) is 9.54. The first-order valence-electron chi connectivity index (χ1n) is 14.9. The van der Waals surface area contributed by atoms with Crippen LogP contribution in [0.25, 0.3) is 0 Å². The van der Waals surface area contributed by atoms with Crippen LogP contribution in [0.1, 0.15) is 58.2 Å². The molecule has 3 aromatic carbocycles. The van der Waals surface area contributed by atoms with E-state index >= 15 is 0 Å². The third-order valence-corrected chi connectivity index (χ3v) is 9.72. The van der Waals surface area contributed by atoms with Crippen LogP contribution in [0.4, 0.5) is 0 Å². The second-order valence-electron chi connectivity index (χ2n) is 13.5. The standard InChI is InChI=1S/C33H48B3N3O3/c1-31(2,37(7)8)25-19-13-16-22-28(25)34-40-35(29-23-17-14-20-26(29)32(3,4)38(9)10)42-36(41-34)30-24-18-15-21-27(30)33(5,6)39(11)12/h13-24H,1-12H3. The van der Waals surface area contributed by atoms with E-state index in [1.807, 2.05) is 0 Å². The molecule has 0 atom stereocenters. The monoisotopic (exact) mass is 567 g/mol. The van der Waals surface area contributed by atoms with Crippen molar-refractivity contribution in [2.24, 2.45) is 0 Å². The van der Waals surface area contributed by atoms with E-state index in [9.17, 15) is 0 Å². The molecule has 0 aromatic heterocycles. The first-order chi connectivity index (χ1) is 19.6. The quantitative estimate of drug-likeness (QED) is 0.368. The molecule has 0 unspecified atom stereocenters. The van der Waals surface area contributed by atoms with Gasteiger partial charge in [0.15, 0.2) is 0 Å². The summed E-state index contributed by atoms with van der Waals surface area (Å²) < 4.78 is 20.5. The van der Waals surface area contributed by atoms with Crippen LogP contribution in [-0.4, -0.2) is 78.3 Å². The van der Waals surface area contributed by atoms with Gasteiger partial charge in [0.25, 0.3) is 0 Å². The Morgan fingerprint density at radius 1 is 0.405 bits per heavy atom. The van der Waals surface area contributed by atoms with E-state index in [4.69, 9.17) is 13.7 Å². The van der Waals surface area contributed by atoms with Crippen molar-refractivity contribution < 1.29 is 13.7 Å². The fourth-order valence-corrected chi connectivity index (χ4v) is 5.37. The van der Waals surface area contributed by atoms with Crippen LogP contribution in [-0.2, 0) is 30.3 Å². The van der Waals surface area contributed by atoms with Crippen LogP contribution in [0.2, 0.25) is 0 Å². The lowest BCUT2D eigenvalue weighted by atomic mass is 9.57. The lowest BCUT2D eigenvalue weighted by Crippen LogP contribution is -2.64. The largest absolute Gasteiger partial charge is 0.467 e. The van der Waals surface area contributed by atoms with Gasteiger partial charge in [-0.05, 0) is 117 Å². The lowest BCUT2D eigenvalue weighted by molar-refractivity contribution is 0.197. The molecule has 1 saturated heterocycles. The van der Waals surface area contributed by atoms with Crippen LogP contribution < -0.4 is 16.4 Å². The molecule has 4 rings (SSSR count). The van der Waals surface area contributed by atoms with E-state index in [2.05, 4.69) is 171 Å². The van der Waals surface area contributed by atoms with Gasteiger partial charge in [-0.25, -0.2) is 0 Å². The number of benzene rings is 3. The molecule has 1 aliphatic rings. The molecule has 42 heavy (non-hydrogen) atoms. The summed E-state index contributed by atoms with van der Waals surface area (Å²) in [5, 5.41) is 0. The van der Waals surface area contributed by atoms with Crippen molar-refractivity contribution >= 4 is 37.7 Å². The normalized spacial score (nSPS) is 15.4. The van der Waals surface area contributed by atoms with Crippen molar-refractivity contribution in [3.8, 4) is 0 Å². The van der Waals surface area contributed by atoms with Gasteiger partial charge in [-0.3, -0.25) is 0 Å². The van der Waals surface area contributed by atoms with Crippen molar-refractivity contribution in [1.29, 1.82) is 0 Å². The van der Waals surface area contributed by atoms with Gasteiger partial charge in [0.05, 0.1) is 0 Å². The first-order valence-corrected chi connectivity index (χ1v) is 14.9. The van der Waals surface area contributed by atoms with Crippen LogP contribution in [0, 0.1) is 0 Å². The summed E-state index contributed by atoms with van der Waals surface area (Å²) >= 11 is 0.